The number of anilines is 1. The number of hydrogen-bond acceptors (Lipinski definition) is 3. The molecule has 0 saturated heterocycles. The number of rotatable bonds is 3. The Balaban J connectivity index is 1.90. The van der Waals surface area contributed by atoms with Crippen LogP contribution in [-0.4, -0.2) is 18.7 Å². The van der Waals surface area contributed by atoms with E-state index in [1.54, 1.807) is 36.4 Å². The molecule has 1 aliphatic heterocycles. The first kappa shape index (κ1) is 15.9. The molecule has 2 aromatic carbocycles. The Morgan fingerprint density at radius 3 is 2.79 bits per heavy atom. The minimum absolute atomic E-state index is 0.113. The van der Waals surface area contributed by atoms with Crippen LogP contribution in [0.4, 0.5) is 5.69 Å². The van der Waals surface area contributed by atoms with Crippen LogP contribution < -0.4 is 9.64 Å². The van der Waals surface area contributed by atoms with E-state index in [9.17, 15) is 4.79 Å². The molecular weight excluding hydrogens is 328 g/mol. The summed E-state index contributed by atoms with van der Waals surface area (Å²) in [6, 6.07) is 14.3. The number of nitrogens with zero attached hydrogens (tertiary/aromatic N) is 4. The van der Waals surface area contributed by atoms with Crippen molar-refractivity contribution < 1.29 is 9.53 Å². The zero-order chi connectivity index (χ0) is 16.9. The molecule has 1 amide bonds. The lowest BCUT2D eigenvalue weighted by atomic mass is 10.2. The van der Waals surface area contributed by atoms with E-state index in [1.807, 2.05) is 18.2 Å². The van der Waals surface area contributed by atoms with Crippen molar-refractivity contribution in [1.29, 1.82) is 0 Å². The summed E-state index contributed by atoms with van der Waals surface area (Å²) < 4.78 is 5.55. The number of carbonyl (C=O) groups excluding carboxylic acids is 1. The van der Waals surface area contributed by atoms with Gasteiger partial charge in [-0.05, 0) is 41.4 Å². The van der Waals surface area contributed by atoms with Crippen molar-refractivity contribution in [3.63, 3.8) is 0 Å². The third-order valence-electron chi connectivity index (χ3n) is 3.52. The molecule has 0 spiro atoms. The second-order valence-electron chi connectivity index (χ2n) is 5.06. The first-order valence-electron chi connectivity index (χ1n) is 7.22. The minimum Gasteiger partial charge on any atom is -0.489 e. The van der Waals surface area contributed by atoms with Gasteiger partial charge < -0.3 is 4.74 Å². The van der Waals surface area contributed by atoms with Gasteiger partial charge in [0.15, 0.2) is 0 Å². The first-order chi connectivity index (χ1) is 11.7. The van der Waals surface area contributed by atoms with Crippen LogP contribution in [0.25, 0.3) is 16.5 Å². The van der Waals surface area contributed by atoms with Crippen molar-refractivity contribution in [1.82, 2.24) is 0 Å². The molecule has 0 fully saturated rings. The summed E-state index contributed by atoms with van der Waals surface area (Å²) in [7, 11) is 0. The van der Waals surface area contributed by atoms with Gasteiger partial charge in [0.25, 0.3) is 5.91 Å². The monoisotopic (exact) mass is 340 g/mol. The minimum atomic E-state index is -0.729. The average Bonchev–Trinajstić information content (AvgIpc) is 2.61. The number of azide groups is 1. The fourth-order valence-corrected chi connectivity index (χ4v) is 2.54. The van der Waals surface area contributed by atoms with Crippen LogP contribution in [0, 0.1) is 0 Å². The van der Waals surface area contributed by atoms with Gasteiger partial charge in [0, 0.05) is 16.0 Å². The molecule has 120 valence electrons. The quantitative estimate of drug-likeness (QED) is 0.359. The molecule has 0 aromatic heterocycles. The molecule has 0 bridgehead atoms. The van der Waals surface area contributed by atoms with Crippen LogP contribution in [0.3, 0.4) is 0 Å². The van der Waals surface area contributed by atoms with Gasteiger partial charge in [0.05, 0.1) is 5.69 Å². The predicted molar refractivity (Wildman–Crippen MR) is 92.8 cm³/mol. The van der Waals surface area contributed by atoms with E-state index in [1.165, 1.54) is 11.0 Å². The van der Waals surface area contributed by atoms with E-state index >= 15 is 0 Å². The van der Waals surface area contributed by atoms with E-state index in [0.29, 0.717) is 16.5 Å². The van der Waals surface area contributed by atoms with Crippen molar-refractivity contribution in [2.24, 2.45) is 5.11 Å². The van der Waals surface area contributed by atoms with Crippen molar-refractivity contribution >= 4 is 29.3 Å². The number of carbonyl (C=O) groups is 1. The fraction of sp³-hybridized carbons (Fsp3) is 0.118. The van der Waals surface area contributed by atoms with Gasteiger partial charge in [-0.3, -0.25) is 9.69 Å². The molecule has 2 aromatic rings. The predicted octanol–water partition coefficient (Wildman–Crippen LogP) is 4.42. The third kappa shape index (κ3) is 3.35. The molecule has 6 nitrogen and oxygen atoms in total. The Hall–Kier alpha value is -2.95. The van der Waals surface area contributed by atoms with Crippen LogP contribution in [0.1, 0.15) is 5.56 Å². The highest BCUT2D eigenvalue weighted by atomic mass is 35.5. The number of hydrogen-bond donors (Lipinski definition) is 0. The number of para-hydroxylation sites is 2. The van der Waals surface area contributed by atoms with E-state index < -0.39 is 6.17 Å². The largest absolute Gasteiger partial charge is 0.489 e. The van der Waals surface area contributed by atoms with Crippen LogP contribution in [0.2, 0.25) is 5.02 Å². The Kier molecular flexibility index (Phi) is 4.70. The molecule has 0 N–H and O–H groups in total. The standard InChI is InChI=1S/C17H13ClN4O2/c18-13-8-5-12(6-9-13)7-10-17(23)22-14-3-1-2-4-15(14)24-11-16(22)20-21-19/h1-10,16H,11H2. The summed E-state index contributed by atoms with van der Waals surface area (Å²) in [5.74, 6) is 0.285. The van der Waals surface area contributed by atoms with E-state index in [0.717, 1.165) is 5.56 Å². The van der Waals surface area contributed by atoms with Crippen LogP contribution >= 0.6 is 11.6 Å². The molecule has 24 heavy (non-hydrogen) atoms. The van der Waals surface area contributed by atoms with Crippen molar-refractivity contribution in [2.45, 2.75) is 6.17 Å². The highest BCUT2D eigenvalue weighted by Crippen LogP contribution is 2.34. The normalized spacial score (nSPS) is 16.2. The van der Waals surface area contributed by atoms with Gasteiger partial charge in [-0.1, -0.05) is 41.0 Å². The van der Waals surface area contributed by atoms with Crippen molar-refractivity contribution in [3.8, 4) is 5.75 Å². The third-order valence-corrected chi connectivity index (χ3v) is 3.77. The first-order valence-corrected chi connectivity index (χ1v) is 7.60. The molecule has 1 heterocycles. The molecule has 1 aliphatic rings. The number of halogens is 1. The molecule has 3 rings (SSSR count). The van der Waals surface area contributed by atoms with E-state index in [2.05, 4.69) is 10.0 Å². The summed E-state index contributed by atoms with van der Waals surface area (Å²) in [6.07, 6.45) is 2.39. The molecule has 7 heteroatoms. The van der Waals surface area contributed by atoms with Crippen molar-refractivity contribution in [3.05, 3.63) is 75.6 Å². The van der Waals surface area contributed by atoms with Crippen molar-refractivity contribution in [2.75, 3.05) is 11.5 Å². The second-order valence-corrected chi connectivity index (χ2v) is 5.49. The number of amides is 1. The summed E-state index contributed by atoms with van der Waals surface area (Å²) in [5, 5.41) is 4.29. The van der Waals surface area contributed by atoms with Gasteiger partial charge in [0.2, 0.25) is 0 Å². The zero-order valence-electron chi connectivity index (χ0n) is 12.5. The average molecular weight is 341 g/mol. The topological polar surface area (TPSA) is 78.3 Å². The molecular formula is C17H13ClN4O2. The summed E-state index contributed by atoms with van der Waals surface area (Å²) in [5.41, 5.74) is 10.2. The lowest BCUT2D eigenvalue weighted by Gasteiger charge is -2.33. The number of fused-ring (bicyclic) bond motifs is 1. The Labute approximate surface area is 143 Å². The highest BCUT2D eigenvalue weighted by molar-refractivity contribution is 6.30. The summed E-state index contributed by atoms with van der Waals surface area (Å²) >= 11 is 5.85. The number of ether oxygens (including phenoxy) is 1. The molecule has 1 unspecified atom stereocenters. The molecule has 0 radical (unpaired) electrons. The maximum absolute atomic E-state index is 12.7. The fourth-order valence-electron chi connectivity index (χ4n) is 2.41. The number of benzene rings is 2. The molecule has 0 aliphatic carbocycles. The highest BCUT2D eigenvalue weighted by Gasteiger charge is 2.30. The maximum atomic E-state index is 12.7. The van der Waals surface area contributed by atoms with Crippen LogP contribution in [-0.2, 0) is 4.79 Å². The van der Waals surface area contributed by atoms with Crippen LogP contribution in [0.15, 0.2) is 59.7 Å². The smallest absolute Gasteiger partial charge is 0.251 e. The van der Waals surface area contributed by atoms with E-state index in [4.69, 9.17) is 21.9 Å². The van der Waals surface area contributed by atoms with Gasteiger partial charge in [-0.15, -0.1) is 0 Å². The second kappa shape index (κ2) is 7.08. The summed E-state index contributed by atoms with van der Waals surface area (Å²) in [4.78, 5) is 16.9. The Bertz CT molecular complexity index is 829. The molecule has 1 atom stereocenters. The lowest BCUT2D eigenvalue weighted by Crippen LogP contribution is -2.44. The SMILES string of the molecule is [N-]=[N+]=NC1COc2ccccc2N1C(=O)C=Cc1ccc(Cl)cc1. The van der Waals surface area contributed by atoms with Gasteiger partial charge in [0.1, 0.15) is 18.5 Å². The van der Waals surface area contributed by atoms with E-state index in [-0.39, 0.29) is 12.5 Å². The van der Waals surface area contributed by atoms with Gasteiger partial charge in [-0.25, -0.2) is 0 Å². The lowest BCUT2D eigenvalue weighted by molar-refractivity contribution is -0.114. The van der Waals surface area contributed by atoms with Crippen LogP contribution in [0.5, 0.6) is 5.75 Å². The van der Waals surface area contributed by atoms with Gasteiger partial charge >= 0.3 is 0 Å². The summed E-state index contributed by atoms with van der Waals surface area (Å²) in [6.45, 7) is 0.113. The zero-order valence-corrected chi connectivity index (χ0v) is 13.3. The Morgan fingerprint density at radius 2 is 2.04 bits per heavy atom. The molecule has 0 saturated carbocycles. The maximum Gasteiger partial charge on any atom is 0.251 e. The Morgan fingerprint density at radius 1 is 1.29 bits per heavy atom. The van der Waals surface area contributed by atoms with Gasteiger partial charge in [-0.2, -0.15) is 0 Å².